The Balaban J connectivity index is 1.63. The second kappa shape index (κ2) is 6.90. The minimum atomic E-state index is 0.668. The normalized spacial score (nSPS) is 16.5. The van der Waals surface area contributed by atoms with Crippen LogP contribution >= 0.6 is 0 Å². The van der Waals surface area contributed by atoms with Crippen LogP contribution in [0.5, 0.6) is 0 Å². The van der Waals surface area contributed by atoms with Gasteiger partial charge < -0.3 is 4.57 Å². The van der Waals surface area contributed by atoms with Gasteiger partial charge in [0.05, 0.1) is 12.0 Å². The fourth-order valence-corrected chi connectivity index (χ4v) is 3.37. The zero-order chi connectivity index (χ0) is 14.5. The summed E-state index contributed by atoms with van der Waals surface area (Å²) in [5.41, 5.74) is 2.71. The van der Waals surface area contributed by atoms with Crippen molar-refractivity contribution < 1.29 is 0 Å². The summed E-state index contributed by atoms with van der Waals surface area (Å²) in [4.78, 5) is 6.76. The van der Waals surface area contributed by atoms with Gasteiger partial charge in [-0.15, -0.1) is 0 Å². The molecule has 21 heavy (non-hydrogen) atoms. The van der Waals surface area contributed by atoms with Crippen LogP contribution in [0.4, 0.5) is 0 Å². The van der Waals surface area contributed by atoms with E-state index in [1.807, 2.05) is 12.5 Å². The molecule has 1 aromatic carbocycles. The van der Waals surface area contributed by atoms with Crippen molar-refractivity contribution in [2.45, 2.75) is 51.2 Å². The highest BCUT2D eigenvalue weighted by molar-refractivity contribution is 5.14. The van der Waals surface area contributed by atoms with Crippen LogP contribution in [0.2, 0.25) is 0 Å². The third-order valence-corrected chi connectivity index (χ3v) is 4.44. The highest BCUT2D eigenvalue weighted by Gasteiger charge is 2.18. The Morgan fingerprint density at radius 3 is 2.62 bits per heavy atom. The summed E-state index contributed by atoms with van der Waals surface area (Å²) in [7, 11) is 2.19. The van der Waals surface area contributed by atoms with Crippen LogP contribution in [0.25, 0.3) is 0 Å². The molecule has 3 rings (SSSR count). The van der Waals surface area contributed by atoms with Crippen LogP contribution in [-0.4, -0.2) is 21.5 Å². The van der Waals surface area contributed by atoms with Crippen molar-refractivity contribution in [1.29, 1.82) is 0 Å². The molecule has 0 aliphatic heterocycles. The van der Waals surface area contributed by atoms with Gasteiger partial charge in [-0.1, -0.05) is 49.6 Å². The molecule has 2 aromatic rings. The van der Waals surface area contributed by atoms with Gasteiger partial charge in [-0.25, -0.2) is 4.98 Å². The summed E-state index contributed by atoms with van der Waals surface area (Å²) < 4.78 is 2.42. The predicted molar refractivity (Wildman–Crippen MR) is 86.0 cm³/mol. The first-order valence-corrected chi connectivity index (χ1v) is 8.06. The van der Waals surface area contributed by atoms with E-state index >= 15 is 0 Å². The molecular formula is C18H25N3. The molecule has 1 fully saturated rings. The molecule has 112 valence electrons. The summed E-state index contributed by atoms with van der Waals surface area (Å²) in [6.07, 6.45) is 10.8. The standard InChI is InChI=1S/C18H25N3/c1-20(13-16-8-4-2-5-9-16)14-18-12-19-15-21(18)17-10-6-3-7-11-17/h2,4-5,8-9,12,15,17H,3,6-7,10-11,13-14H2,1H3. The summed E-state index contributed by atoms with van der Waals surface area (Å²) in [6, 6.07) is 11.3. The molecule has 0 spiro atoms. The molecule has 1 heterocycles. The van der Waals surface area contributed by atoms with Gasteiger partial charge >= 0.3 is 0 Å². The van der Waals surface area contributed by atoms with E-state index in [9.17, 15) is 0 Å². The van der Waals surface area contributed by atoms with Crippen molar-refractivity contribution in [1.82, 2.24) is 14.5 Å². The van der Waals surface area contributed by atoms with Crippen LogP contribution in [-0.2, 0) is 13.1 Å². The smallest absolute Gasteiger partial charge is 0.0951 e. The first-order valence-electron chi connectivity index (χ1n) is 8.06. The minimum absolute atomic E-state index is 0.668. The number of hydrogen-bond donors (Lipinski definition) is 0. The van der Waals surface area contributed by atoms with Gasteiger partial charge in [-0.2, -0.15) is 0 Å². The van der Waals surface area contributed by atoms with Gasteiger partial charge in [0.15, 0.2) is 0 Å². The average Bonchev–Trinajstić information content (AvgIpc) is 2.97. The lowest BCUT2D eigenvalue weighted by atomic mass is 9.95. The number of imidazole rings is 1. The van der Waals surface area contributed by atoms with Gasteiger partial charge in [0, 0.05) is 25.3 Å². The van der Waals surface area contributed by atoms with Crippen molar-refractivity contribution in [3.63, 3.8) is 0 Å². The van der Waals surface area contributed by atoms with Crippen molar-refractivity contribution >= 4 is 0 Å². The second-order valence-electron chi connectivity index (χ2n) is 6.24. The molecule has 0 radical (unpaired) electrons. The minimum Gasteiger partial charge on any atom is -0.330 e. The summed E-state index contributed by atoms with van der Waals surface area (Å²) >= 11 is 0. The maximum atomic E-state index is 4.39. The van der Waals surface area contributed by atoms with E-state index < -0.39 is 0 Å². The number of hydrogen-bond acceptors (Lipinski definition) is 2. The lowest BCUT2D eigenvalue weighted by molar-refractivity contribution is 0.290. The van der Waals surface area contributed by atoms with Crippen LogP contribution in [0, 0.1) is 0 Å². The molecule has 0 unspecified atom stereocenters. The molecule has 1 aliphatic carbocycles. The maximum absolute atomic E-state index is 4.39. The Labute approximate surface area is 127 Å². The Kier molecular flexibility index (Phi) is 4.71. The quantitative estimate of drug-likeness (QED) is 0.826. The summed E-state index contributed by atoms with van der Waals surface area (Å²) in [5, 5.41) is 0. The molecule has 1 aliphatic rings. The fourth-order valence-electron chi connectivity index (χ4n) is 3.37. The van der Waals surface area contributed by atoms with E-state index in [2.05, 4.69) is 51.8 Å². The van der Waals surface area contributed by atoms with Crippen molar-refractivity contribution in [2.24, 2.45) is 0 Å². The van der Waals surface area contributed by atoms with Gasteiger partial charge in [-0.05, 0) is 25.5 Å². The molecule has 0 amide bonds. The zero-order valence-corrected chi connectivity index (χ0v) is 12.9. The molecule has 1 saturated carbocycles. The van der Waals surface area contributed by atoms with Crippen molar-refractivity contribution in [3.8, 4) is 0 Å². The van der Waals surface area contributed by atoms with E-state index in [-0.39, 0.29) is 0 Å². The Morgan fingerprint density at radius 2 is 1.86 bits per heavy atom. The molecule has 0 saturated heterocycles. The number of rotatable bonds is 5. The third-order valence-electron chi connectivity index (χ3n) is 4.44. The van der Waals surface area contributed by atoms with Crippen LogP contribution in [0.15, 0.2) is 42.9 Å². The van der Waals surface area contributed by atoms with Crippen molar-refractivity contribution in [3.05, 3.63) is 54.1 Å². The lowest BCUT2D eigenvalue weighted by Gasteiger charge is -2.26. The van der Waals surface area contributed by atoms with E-state index in [0.29, 0.717) is 6.04 Å². The van der Waals surface area contributed by atoms with E-state index in [0.717, 1.165) is 13.1 Å². The average molecular weight is 283 g/mol. The molecule has 3 heteroatoms. The maximum Gasteiger partial charge on any atom is 0.0951 e. The first kappa shape index (κ1) is 14.3. The van der Waals surface area contributed by atoms with Crippen LogP contribution in [0.1, 0.15) is 49.4 Å². The Hall–Kier alpha value is -1.61. The molecule has 3 nitrogen and oxygen atoms in total. The molecule has 0 N–H and O–H groups in total. The number of aromatic nitrogens is 2. The van der Waals surface area contributed by atoms with Gasteiger partial charge in [0.1, 0.15) is 0 Å². The highest BCUT2D eigenvalue weighted by atomic mass is 15.1. The van der Waals surface area contributed by atoms with Crippen LogP contribution in [0.3, 0.4) is 0 Å². The van der Waals surface area contributed by atoms with E-state index in [1.54, 1.807) is 0 Å². The molecule has 0 bridgehead atoms. The zero-order valence-electron chi connectivity index (χ0n) is 12.9. The SMILES string of the molecule is CN(Cc1ccccc1)Cc1cncn1C1CCCCC1. The highest BCUT2D eigenvalue weighted by Crippen LogP contribution is 2.29. The third kappa shape index (κ3) is 3.73. The lowest BCUT2D eigenvalue weighted by Crippen LogP contribution is -2.21. The Bertz CT molecular complexity index is 541. The number of nitrogens with zero attached hydrogens (tertiary/aromatic N) is 3. The topological polar surface area (TPSA) is 21.1 Å². The van der Waals surface area contributed by atoms with Gasteiger partial charge in [0.25, 0.3) is 0 Å². The summed E-state index contributed by atoms with van der Waals surface area (Å²) in [5.74, 6) is 0. The predicted octanol–water partition coefficient (Wildman–Crippen LogP) is 4.02. The van der Waals surface area contributed by atoms with Gasteiger partial charge in [-0.3, -0.25) is 4.90 Å². The molecule has 1 aromatic heterocycles. The summed E-state index contributed by atoms with van der Waals surface area (Å²) in [6.45, 7) is 1.95. The van der Waals surface area contributed by atoms with E-state index in [4.69, 9.17) is 0 Å². The monoisotopic (exact) mass is 283 g/mol. The van der Waals surface area contributed by atoms with Crippen molar-refractivity contribution in [2.75, 3.05) is 7.05 Å². The number of benzene rings is 1. The fraction of sp³-hybridized carbons (Fsp3) is 0.500. The first-order chi connectivity index (χ1) is 10.3. The molecule has 0 atom stereocenters. The van der Waals surface area contributed by atoms with E-state index in [1.165, 1.54) is 43.4 Å². The second-order valence-corrected chi connectivity index (χ2v) is 6.24. The van der Waals surface area contributed by atoms with Crippen LogP contribution < -0.4 is 0 Å². The van der Waals surface area contributed by atoms with Gasteiger partial charge in [0.2, 0.25) is 0 Å². The Morgan fingerprint density at radius 1 is 1.10 bits per heavy atom. The molecular weight excluding hydrogens is 258 g/mol. The largest absolute Gasteiger partial charge is 0.330 e.